The zero-order valence-electron chi connectivity index (χ0n) is 18.8. The molecule has 2 fully saturated rings. The highest BCUT2D eigenvalue weighted by Gasteiger charge is 2.53. The quantitative estimate of drug-likeness (QED) is 0.747. The van der Waals surface area contributed by atoms with Crippen molar-refractivity contribution in [3.8, 4) is 0 Å². The summed E-state index contributed by atoms with van der Waals surface area (Å²) >= 11 is 0. The van der Waals surface area contributed by atoms with Crippen LogP contribution in [0.5, 0.6) is 0 Å². The largest absolute Gasteiger partial charge is 0.490 e. The molecule has 7 nitrogen and oxygen atoms in total. The number of carboxylic acids is 1. The minimum Gasteiger partial charge on any atom is -0.475 e. The first-order valence-corrected chi connectivity index (χ1v) is 10.9. The topological polar surface area (TPSA) is 78.7 Å². The smallest absolute Gasteiger partial charge is 0.475 e. The number of carbonyl (C=O) groups excluding carboxylic acids is 1. The maximum Gasteiger partial charge on any atom is 0.490 e. The normalized spacial score (nSPS) is 20.6. The molecule has 2 saturated heterocycles. The Bertz CT molecular complexity index is 953. The molecule has 1 aromatic heterocycles. The van der Waals surface area contributed by atoms with E-state index in [1.54, 1.807) is 0 Å². The van der Waals surface area contributed by atoms with Crippen molar-refractivity contribution in [2.75, 3.05) is 19.6 Å². The molecule has 0 bridgehead atoms. The Morgan fingerprint density at radius 3 is 2.30 bits per heavy atom. The Labute approximate surface area is 190 Å². The number of hydrogen-bond acceptors (Lipinski definition) is 4. The number of carboxylic acid groups (broad SMARTS) is 1. The van der Waals surface area contributed by atoms with E-state index in [-0.39, 0.29) is 5.54 Å². The number of rotatable bonds is 4. The van der Waals surface area contributed by atoms with Gasteiger partial charge in [0.25, 0.3) is 0 Å². The fourth-order valence-electron chi connectivity index (χ4n) is 4.98. The molecule has 0 aliphatic carbocycles. The third-order valence-corrected chi connectivity index (χ3v) is 6.63. The average molecular weight is 467 g/mol. The molecular weight excluding hydrogens is 437 g/mol. The number of amides is 1. The van der Waals surface area contributed by atoms with Crippen molar-refractivity contribution < 1.29 is 27.9 Å². The number of piperidine rings is 1. The molecular formula is C23H29F3N4O3. The van der Waals surface area contributed by atoms with E-state index in [4.69, 9.17) is 9.90 Å². The van der Waals surface area contributed by atoms with E-state index in [9.17, 15) is 18.0 Å². The van der Waals surface area contributed by atoms with Crippen molar-refractivity contribution >= 4 is 11.9 Å². The minimum atomic E-state index is -5.08. The summed E-state index contributed by atoms with van der Waals surface area (Å²) < 4.78 is 33.8. The highest BCUT2D eigenvalue weighted by Crippen LogP contribution is 2.48. The number of nitrogens with zero attached hydrogens (tertiary/aromatic N) is 4. The van der Waals surface area contributed by atoms with E-state index >= 15 is 0 Å². The molecule has 1 unspecified atom stereocenters. The second-order valence-corrected chi connectivity index (χ2v) is 8.44. The molecule has 1 aromatic carbocycles. The number of likely N-dealkylation sites (tertiary alicyclic amines) is 2. The van der Waals surface area contributed by atoms with Gasteiger partial charge in [-0.2, -0.15) is 13.2 Å². The van der Waals surface area contributed by atoms with Gasteiger partial charge in [0.05, 0.1) is 12.1 Å². The molecule has 10 heteroatoms. The lowest BCUT2D eigenvalue weighted by Gasteiger charge is -2.47. The molecule has 33 heavy (non-hydrogen) atoms. The number of likely N-dealkylation sites (N-methyl/N-ethyl adjacent to an activating group) is 1. The third-order valence-electron chi connectivity index (χ3n) is 6.63. The first-order chi connectivity index (χ1) is 15.6. The zero-order chi connectivity index (χ0) is 24.2. The number of aromatic nitrogens is 2. The Balaban J connectivity index is 0.000000383. The van der Waals surface area contributed by atoms with E-state index in [1.807, 2.05) is 19.4 Å². The Kier molecular flexibility index (Phi) is 7.46. The Hall–Kier alpha value is -2.88. The summed E-state index contributed by atoms with van der Waals surface area (Å²) in [7, 11) is 2.05. The van der Waals surface area contributed by atoms with Crippen LogP contribution in [0.2, 0.25) is 0 Å². The lowest BCUT2D eigenvalue weighted by molar-refractivity contribution is -0.192. The molecule has 1 atom stereocenters. The standard InChI is InChI=1S/C21H28N4O.C2HF3O2/c1-3-25-20(26)15-18(17-7-5-4-6-8-17)21(25)9-12-24(13-10-21)16-19-22-11-14-23(19)2;3-2(4,5)1(6)7/h4-8,11,14,18H,3,9-10,12-13,15-16H2,1-2H3;(H,6,7). The molecule has 0 saturated carbocycles. The summed E-state index contributed by atoms with van der Waals surface area (Å²) in [6, 6.07) is 10.6. The van der Waals surface area contributed by atoms with Gasteiger partial charge in [0, 0.05) is 51.4 Å². The van der Waals surface area contributed by atoms with Crippen molar-refractivity contribution in [2.45, 2.75) is 50.4 Å². The van der Waals surface area contributed by atoms with Gasteiger partial charge in [-0.05, 0) is 25.3 Å². The fourth-order valence-corrected chi connectivity index (χ4v) is 4.98. The maximum absolute atomic E-state index is 12.7. The summed E-state index contributed by atoms with van der Waals surface area (Å²) in [6.07, 6.45) is 1.51. The third kappa shape index (κ3) is 5.38. The van der Waals surface area contributed by atoms with Crippen LogP contribution in [0, 0.1) is 0 Å². The van der Waals surface area contributed by atoms with Crippen LogP contribution in [-0.2, 0) is 23.2 Å². The summed E-state index contributed by atoms with van der Waals surface area (Å²) in [6.45, 7) is 5.84. The summed E-state index contributed by atoms with van der Waals surface area (Å²) in [5, 5.41) is 7.12. The highest BCUT2D eigenvalue weighted by atomic mass is 19.4. The van der Waals surface area contributed by atoms with Crippen molar-refractivity contribution in [1.29, 1.82) is 0 Å². The van der Waals surface area contributed by atoms with Gasteiger partial charge >= 0.3 is 12.1 Å². The molecule has 2 aromatic rings. The van der Waals surface area contributed by atoms with E-state index in [0.717, 1.165) is 44.8 Å². The Morgan fingerprint density at radius 1 is 1.21 bits per heavy atom. The van der Waals surface area contributed by atoms with Crippen molar-refractivity contribution in [2.24, 2.45) is 7.05 Å². The average Bonchev–Trinajstić information content (AvgIpc) is 3.30. The second kappa shape index (κ2) is 9.94. The number of halogens is 3. The predicted octanol–water partition coefficient (Wildman–Crippen LogP) is 3.42. The SMILES string of the molecule is CCN1C(=O)CC(c2ccccc2)C12CCN(Cc1nccn1C)CC2.O=C(O)C(F)(F)F. The predicted molar refractivity (Wildman–Crippen MR) is 115 cm³/mol. The zero-order valence-corrected chi connectivity index (χ0v) is 18.8. The first-order valence-electron chi connectivity index (χ1n) is 10.9. The summed E-state index contributed by atoms with van der Waals surface area (Å²) in [5.41, 5.74) is 1.29. The van der Waals surface area contributed by atoms with Gasteiger partial charge in [0.2, 0.25) is 5.91 Å². The number of carbonyl (C=O) groups is 2. The monoisotopic (exact) mass is 466 g/mol. The van der Waals surface area contributed by atoms with Crippen LogP contribution < -0.4 is 0 Å². The summed E-state index contributed by atoms with van der Waals surface area (Å²) in [5.74, 6) is -1.02. The lowest BCUT2D eigenvalue weighted by atomic mass is 9.73. The number of hydrogen-bond donors (Lipinski definition) is 1. The van der Waals surface area contributed by atoms with Gasteiger partial charge in [-0.1, -0.05) is 30.3 Å². The van der Waals surface area contributed by atoms with E-state index < -0.39 is 12.1 Å². The fraction of sp³-hybridized carbons (Fsp3) is 0.522. The molecule has 1 amide bonds. The molecule has 0 radical (unpaired) electrons. The van der Waals surface area contributed by atoms with Gasteiger partial charge in [-0.15, -0.1) is 0 Å². The van der Waals surface area contributed by atoms with Gasteiger partial charge in [-0.25, -0.2) is 9.78 Å². The second-order valence-electron chi connectivity index (χ2n) is 8.44. The molecule has 2 aliphatic heterocycles. The van der Waals surface area contributed by atoms with Gasteiger partial charge in [-0.3, -0.25) is 9.69 Å². The summed E-state index contributed by atoms with van der Waals surface area (Å²) in [4.78, 5) is 30.7. The number of benzene rings is 1. The molecule has 2 aliphatic rings. The van der Waals surface area contributed by atoms with Crippen LogP contribution in [0.25, 0.3) is 0 Å². The molecule has 3 heterocycles. The number of imidazole rings is 1. The van der Waals surface area contributed by atoms with Crippen LogP contribution in [0.3, 0.4) is 0 Å². The molecule has 180 valence electrons. The molecule has 1 N–H and O–H groups in total. The molecule has 4 rings (SSSR count). The molecule has 1 spiro atoms. The van der Waals surface area contributed by atoms with Crippen LogP contribution in [-0.4, -0.2) is 67.7 Å². The number of aliphatic carboxylic acids is 1. The highest BCUT2D eigenvalue weighted by molar-refractivity contribution is 5.81. The minimum absolute atomic E-state index is 0.0225. The van der Waals surface area contributed by atoms with Crippen LogP contribution in [0.15, 0.2) is 42.7 Å². The van der Waals surface area contributed by atoms with Gasteiger partial charge in [0.15, 0.2) is 0 Å². The van der Waals surface area contributed by atoms with E-state index in [2.05, 4.69) is 56.6 Å². The van der Waals surface area contributed by atoms with Gasteiger partial charge in [0.1, 0.15) is 5.82 Å². The maximum atomic E-state index is 12.7. The van der Waals surface area contributed by atoms with Crippen molar-refractivity contribution in [3.63, 3.8) is 0 Å². The Morgan fingerprint density at radius 2 is 1.82 bits per heavy atom. The van der Waals surface area contributed by atoms with Crippen molar-refractivity contribution in [3.05, 3.63) is 54.1 Å². The first kappa shape index (κ1) is 24.8. The van der Waals surface area contributed by atoms with E-state index in [0.29, 0.717) is 18.2 Å². The lowest BCUT2D eigenvalue weighted by Crippen LogP contribution is -2.55. The van der Waals surface area contributed by atoms with Crippen LogP contribution in [0.1, 0.15) is 43.5 Å². The van der Waals surface area contributed by atoms with Gasteiger partial charge < -0.3 is 14.6 Å². The van der Waals surface area contributed by atoms with Crippen molar-refractivity contribution in [1.82, 2.24) is 19.4 Å². The van der Waals surface area contributed by atoms with Crippen LogP contribution >= 0.6 is 0 Å². The van der Waals surface area contributed by atoms with Crippen LogP contribution in [0.4, 0.5) is 13.2 Å². The number of alkyl halides is 3. The van der Waals surface area contributed by atoms with E-state index in [1.165, 1.54) is 5.56 Å². The number of aryl methyl sites for hydroxylation is 1.